The summed E-state index contributed by atoms with van der Waals surface area (Å²) in [5.74, 6) is -0.0457. The highest BCUT2D eigenvalue weighted by molar-refractivity contribution is 5.77. The zero-order valence-corrected chi connectivity index (χ0v) is 13.6. The van der Waals surface area contributed by atoms with Crippen molar-refractivity contribution in [1.29, 1.82) is 0 Å². The minimum Gasteiger partial charge on any atom is -0.385 e. The van der Waals surface area contributed by atoms with Crippen molar-refractivity contribution < 1.29 is 9.18 Å². The normalized spacial score (nSPS) is 14.5. The van der Waals surface area contributed by atoms with Crippen LogP contribution in [0, 0.1) is 5.82 Å². The van der Waals surface area contributed by atoms with Crippen molar-refractivity contribution in [3.8, 4) is 0 Å². The average Bonchev–Trinajstić information content (AvgIpc) is 2.63. The van der Waals surface area contributed by atoms with Crippen LogP contribution in [0.15, 0.2) is 54.6 Å². The zero-order chi connectivity index (χ0) is 16.8. The summed E-state index contributed by atoms with van der Waals surface area (Å²) in [6.45, 7) is 3.62. The second-order valence-electron chi connectivity index (χ2n) is 5.89. The number of amides is 1. The monoisotopic (exact) mass is 327 g/mol. The van der Waals surface area contributed by atoms with E-state index in [1.54, 1.807) is 12.1 Å². The number of benzene rings is 2. The van der Waals surface area contributed by atoms with Crippen molar-refractivity contribution in [2.24, 2.45) is 0 Å². The van der Waals surface area contributed by atoms with Crippen LogP contribution in [0.5, 0.6) is 0 Å². The van der Waals surface area contributed by atoms with Crippen LogP contribution in [0.1, 0.15) is 6.42 Å². The number of carbonyl (C=O) groups excluding carboxylic acids is 1. The van der Waals surface area contributed by atoms with Crippen LogP contribution in [-0.2, 0) is 4.79 Å². The second-order valence-corrected chi connectivity index (χ2v) is 5.89. The van der Waals surface area contributed by atoms with Gasteiger partial charge >= 0.3 is 0 Å². The van der Waals surface area contributed by atoms with E-state index in [9.17, 15) is 9.18 Å². The van der Waals surface area contributed by atoms with E-state index >= 15 is 0 Å². The lowest BCUT2D eigenvalue weighted by molar-refractivity contribution is -0.131. The molecule has 4 nitrogen and oxygen atoms in total. The van der Waals surface area contributed by atoms with Gasteiger partial charge < -0.3 is 15.1 Å². The van der Waals surface area contributed by atoms with Gasteiger partial charge in [0.1, 0.15) is 5.82 Å². The summed E-state index contributed by atoms with van der Waals surface area (Å²) in [4.78, 5) is 16.4. The average molecular weight is 327 g/mol. The first kappa shape index (κ1) is 16.3. The Kier molecular flexibility index (Phi) is 5.31. The molecule has 0 aliphatic carbocycles. The molecular weight excluding hydrogens is 305 g/mol. The molecule has 0 radical (unpaired) electrons. The van der Waals surface area contributed by atoms with E-state index in [4.69, 9.17) is 0 Å². The van der Waals surface area contributed by atoms with Gasteiger partial charge in [-0.2, -0.15) is 0 Å². The third kappa shape index (κ3) is 4.25. The van der Waals surface area contributed by atoms with E-state index in [2.05, 4.69) is 10.2 Å². The Bertz CT molecular complexity index is 652. The Morgan fingerprint density at radius 3 is 2.29 bits per heavy atom. The van der Waals surface area contributed by atoms with E-state index in [1.165, 1.54) is 12.1 Å². The Balaban J connectivity index is 1.42. The molecule has 2 aromatic rings. The third-order valence-electron chi connectivity index (χ3n) is 4.27. The molecule has 1 aliphatic rings. The van der Waals surface area contributed by atoms with Gasteiger partial charge in [-0.25, -0.2) is 4.39 Å². The fourth-order valence-corrected chi connectivity index (χ4v) is 2.89. The summed E-state index contributed by atoms with van der Waals surface area (Å²) in [5.41, 5.74) is 2.04. The number of halogens is 1. The Labute approximate surface area is 141 Å². The SMILES string of the molecule is O=C(CCNc1ccccc1)N1CCN(c2ccc(F)cc2)CC1. The molecule has 2 aromatic carbocycles. The Morgan fingerprint density at radius 1 is 0.958 bits per heavy atom. The lowest BCUT2D eigenvalue weighted by Crippen LogP contribution is -2.49. The molecule has 3 rings (SSSR count). The van der Waals surface area contributed by atoms with Crippen LogP contribution in [-0.4, -0.2) is 43.5 Å². The van der Waals surface area contributed by atoms with E-state index < -0.39 is 0 Å². The summed E-state index contributed by atoms with van der Waals surface area (Å²) in [5, 5.41) is 3.26. The number of nitrogens with one attached hydrogen (secondary N) is 1. The molecule has 0 bridgehead atoms. The number of hydrogen-bond donors (Lipinski definition) is 1. The zero-order valence-electron chi connectivity index (χ0n) is 13.6. The van der Waals surface area contributed by atoms with Gasteiger partial charge in [0.05, 0.1) is 0 Å². The molecule has 0 spiro atoms. The van der Waals surface area contributed by atoms with Crippen LogP contribution < -0.4 is 10.2 Å². The molecule has 1 heterocycles. The van der Waals surface area contributed by atoms with E-state index in [0.717, 1.165) is 24.5 Å². The predicted molar refractivity (Wildman–Crippen MR) is 94.7 cm³/mol. The van der Waals surface area contributed by atoms with Crippen molar-refractivity contribution in [2.75, 3.05) is 42.9 Å². The molecule has 0 unspecified atom stereocenters. The number of piperazine rings is 1. The number of rotatable bonds is 5. The molecule has 1 saturated heterocycles. The fraction of sp³-hybridized carbons (Fsp3) is 0.316. The molecule has 24 heavy (non-hydrogen) atoms. The third-order valence-corrected chi connectivity index (χ3v) is 4.27. The quantitative estimate of drug-likeness (QED) is 0.917. The molecule has 1 N–H and O–H groups in total. The standard InChI is InChI=1S/C19H22FN3O/c20-16-6-8-18(9-7-16)22-12-14-23(15-13-22)19(24)10-11-21-17-4-2-1-3-5-17/h1-9,21H,10-15H2. The van der Waals surface area contributed by atoms with Gasteiger partial charge in [0, 0.05) is 50.5 Å². The second kappa shape index (κ2) is 7.81. The van der Waals surface area contributed by atoms with E-state index in [0.29, 0.717) is 26.1 Å². The van der Waals surface area contributed by atoms with Crippen molar-refractivity contribution >= 4 is 17.3 Å². The first-order valence-corrected chi connectivity index (χ1v) is 8.29. The predicted octanol–water partition coefficient (Wildman–Crippen LogP) is 2.98. The summed E-state index contributed by atoms with van der Waals surface area (Å²) in [6.07, 6.45) is 0.492. The van der Waals surface area contributed by atoms with Crippen molar-refractivity contribution in [3.05, 3.63) is 60.4 Å². The summed E-state index contributed by atoms with van der Waals surface area (Å²) >= 11 is 0. The molecular formula is C19H22FN3O. The maximum atomic E-state index is 13.0. The highest BCUT2D eigenvalue weighted by Gasteiger charge is 2.20. The summed E-state index contributed by atoms with van der Waals surface area (Å²) in [6, 6.07) is 16.4. The number of hydrogen-bond acceptors (Lipinski definition) is 3. The lowest BCUT2D eigenvalue weighted by Gasteiger charge is -2.36. The van der Waals surface area contributed by atoms with Gasteiger partial charge in [-0.15, -0.1) is 0 Å². The number of carbonyl (C=O) groups is 1. The van der Waals surface area contributed by atoms with Crippen molar-refractivity contribution in [2.45, 2.75) is 6.42 Å². The molecule has 0 atom stereocenters. The van der Waals surface area contributed by atoms with Crippen LogP contribution in [0.4, 0.5) is 15.8 Å². The van der Waals surface area contributed by atoms with Gasteiger partial charge in [0.25, 0.3) is 0 Å². The first-order valence-electron chi connectivity index (χ1n) is 8.29. The molecule has 1 aliphatic heterocycles. The van der Waals surface area contributed by atoms with Crippen LogP contribution >= 0.6 is 0 Å². The summed E-state index contributed by atoms with van der Waals surface area (Å²) < 4.78 is 13.0. The Hall–Kier alpha value is -2.56. The number of nitrogens with zero attached hydrogens (tertiary/aromatic N) is 2. The number of para-hydroxylation sites is 1. The van der Waals surface area contributed by atoms with Crippen LogP contribution in [0.2, 0.25) is 0 Å². The minimum atomic E-state index is -0.224. The van der Waals surface area contributed by atoms with Crippen molar-refractivity contribution in [3.63, 3.8) is 0 Å². The van der Waals surface area contributed by atoms with Gasteiger partial charge in [-0.1, -0.05) is 18.2 Å². The van der Waals surface area contributed by atoms with Gasteiger partial charge in [0.15, 0.2) is 0 Å². The van der Waals surface area contributed by atoms with Gasteiger partial charge in [-0.05, 0) is 36.4 Å². The maximum Gasteiger partial charge on any atom is 0.224 e. The first-order chi connectivity index (χ1) is 11.7. The summed E-state index contributed by atoms with van der Waals surface area (Å²) in [7, 11) is 0. The number of anilines is 2. The minimum absolute atomic E-state index is 0.178. The van der Waals surface area contributed by atoms with Gasteiger partial charge in [0.2, 0.25) is 5.91 Å². The largest absolute Gasteiger partial charge is 0.385 e. The Morgan fingerprint density at radius 2 is 1.62 bits per heavy atom. The molecule has 1 fully saturated rings. The molecule has 0 aromatic heterocycles. The smallest absolute Gasteiger partial charge is 0.224 e. The topological polar surface area (TPSA) is 35.6 Å². The van der Waals surface area contributed by atoms with Crippen molar-refractivity contribution in [1.82, 2.24) is 4.90 Å². The molecule has 5 heteroatoms. The lowest BCUT2D eigenvalue weighted by atomic mass is 10.2. The van der Waals surface area contributed by atoms with Crippen LogP contribution in [0.25, 0.3) is 0 Å². The van der Waals surface area contributed by atoms with Crippen LogP contribution in [0.3, 0.4) is 0 Å². The van der Waals surface area contributed by atoms with E-state index in [-0.39, 0.29) is 11.7 Å². The molecule has 1 amide bonds. The van der Waals surface area contributed by atoms with Gasteiger partial charge in [-0.3, -0.25) is 4.79 Å². The fourth-order valence-electron chi connectivity index (χ4n) is 2.89. The highest BCUT2D eigenvalue weighted by atomic mass is 19.1. The molecule has 0 saturated carbocycles. The van der Waals surface area contributed by atoms with E-state index in [1.807, 2.05) is 35.2 Å². The molecule has 126 valence electrons. The highest BCUT2D eigenvalue weighted by Crippen LogP contribution is 2.17. The maximum absolute atomic E-state index is 13.0.